The summed E-state index contributed by atoms with van der Waals surface area (Å²) in [7, 11) is 0. The van der Waals surface area contributed by atoms with Crippen molar-refractivity contribution in [2.24, 2.45) is 0 Å². The van der Waals surface area contributed by atoms with Crippen molar-refractivity contribution in [3.8, 4) is 0 Å². The number of aliphatic hydroxyl groups excluding tert-OH is 2. The number of aromatic nitrogens is 2. The largest absolute Gasteiger partial charge is 0.392 e. The molecule has 1 aliphatic heterocycles. The summed E-state index contributed by atoms with van der Waals surface area (Å²) in [6, 6.07) is 3.21. The lowest BCUT2D eigenvalue weighted by molar-refractivity contribution is 0.0539. The van der Waals surface area contributed by atoms with Crippen LogP contribution >= 0.6 is 11.6 Å². The van der Waals surface area contributed by atoms with Crippen LogP contribution in [0.3, 0.4) is 0 Å². The van der Waals surface area contributed by atoms with Crippen LogP contribution in [0.1, 0.15) is 24.8 Å². The summed E-state index contributed by atoms with van der Waals surface area (Å²) < 4.78 is 1.41. The Morgan fingerprint density at radius 1 is 1.50 bits per heavy atom. The fourth-order valence-corrected chi connectivity index (χ4v) is 3.40. The minimum Gasteiger partial charge on any atom is -0.392 e. The molecule has 0 amide bonds. The molecule has 3 N–H and O–H groups in total. The highest BCUT2D eigenvalue weighted by Gasteiger charge is 2.25. The van der Waals surface area contributed by atoms with E-state index in [-0.39, 0.29) is 18.1 Å². The third kappa shape index (κ3) is 3.47. The highest BCUT2D eigenvalue weighted by atomic mass is 35.5. The third-order valence-corrected chi connectivity index (χ3v) is 5.07. The third-order valence-electron chi connectivity index (χ3n) is 4.66. The quantitative estimate of drug-likeness (QED) is 0.771. The monoisotopic (exact) mass is 351 g/mol. The summed E-state index contributed by atoms with van der Waals surface area (Å²) in [6.45, 7) is 2.81. The van der Waals surface area contributed by atoms with Crippen LogP contribution in [0.5, 0.6) is 0 Å². The number of aliphatic hydroxyl groups is 2. The van der Waals surface area contributed by atoms with Crippen LogP contribution in [0, 0.1) is 6.92 Å². The number of benzene rings is 1. The molecule has 0 spiro atoms. The van der Waals surface area contributed by atoms with Crippen molar-refractivity contribution in [1.82, 2.24) is 14.9 Å². The second-order valence-electron chi connectivity index (χ2n) is 6.43. The molecule has 6 nitrogen and oxygen atoms in total. The van der Waals surface area contributed by atoms with Crippen molar-refractivity contribution in [2.45, 2.75) is 51.0 Å². The van der Waals surface area contributed by atoms with E-state index in [1.165, 1.54) is 10.9 Å². The Bertz CT molecular complexity index is 792. The van der Waals surface area contributed by atoms with E-state index in [0.717, 1.165) is 24.9 Å². The van der Waals surface area contributed by atoms with Crippen molar-refractivity contribution < 1.29 is 10.2 Å². The Kier molecular flexibility index (Phi) is 5.20. The number of piperidine rings is 1. The van der Waals surface area contributed by atoms with Crippen LogP contribution < -0.4 is 10.9 Å². The van der Waals surface area contributed by atoms with E-state index in [1.807, 2.05) is 6.92 Å². The maximum Gasteiger partial charge on any atom is 0.261 e. The zero-order valence-corrected chi connectivity index (χ0v) is 14.3. The van der Waals surface area contributed by atoms with Crippen LogP contribution in [-0.4, -0.2) is 44.6 Å². The summed E-state index contributed by atoms with van der Waals surface area (Å²) in [6.07, 6.45) is 2.32. The zero-order chi connectivity index (χ0) is 17.3. The average Bonchev–Trinajstić information content (AvgIpc) is 2.56. The molecule has 1 unspecified atom stereocenters. The smallest absolute Gasteiger partial charge is 0.261 e. The number of fused-ring (bicyclic) bond motifs is 1. The first-order valence-corrected chi connectivity index (χ1v) is 8.59. The lowest BCUT2D eigenvalue weighted by atomic mass is 9.96. The van der Waals surface area contributed by atoms with Crippen LogP contribution in [0.4, 0.5) is 0 Å². The van der Waals surface area contributed by atoms with Gasteiger partial charge in [0.05, 0.1) is 36.0 Å². The second kappa shape index (κ2) is 7.19. The van der Waals surface area contributed by atoms with Gasteiger partial charge < -0.3 is 15.5 Å². The average molecular weight is 352 g/mol. The Balaban J connectivity index is 1.79. The maximum atomic E-state index is 12.6. The van der Waals surface area contributed by atoms with Gasteiger partial charge >= 0.3 is 0 Å². The van der Waals surface area contributed by atoms with Gasteiger partial charge in [-0.2, -0.15) is 0 Å². The first-order chi connectivity index (χ1) is 11.5. The predicted molar refractivity (Wildman–Crippen MR) is 93.4 cm³/mol. The summed E-state index contributed by atoms with van der Waals surface area (Å²) in [5.74, 6) is 0. The highest BCUT2D eigenvalue weighted by molar-refractivity contribution is 6.32. The minimum absolute atomic E-state index is 0.140. The molecule has 1 saturated heterocycles. The van der Waals surface area contributed by atoms with E-state index >= 15 is 0 Å². The van der Waals surface area contributed by atoms with E-state index in [4.69, 9.17) is 11.6 Å². The fraction of sp³-hybridized carbons (Fsp3) is 0.529. The van der Waals surface area contributed by atoms with Gasteiger partial charge in [-0.15, -0.1) is 0 Å². The van der Waals surface area contributed by atoms with Gasteiger partial charge in [0, 0.05) is 11.1 Å². The van der Waals surface area contributed by atoms with E-state index in [9.17, 15) is 15.0 Å². The van der Waals surface area contributed by atoms with Gasteiger partial charge in [0.15, 0.2) is 0 Å². The number of halogens is 1. The molecular weight excluding hydrogens is 330 g/mol. The molecule has 3 rings (SSSR count). The fourth-order valence-electron chi connectivity index (χ4n) is 3.25. The van der Waals surface area contributed by atoms with E-state index < -0.39 is 12.2 Å². The SMILES string of the molecule is Cc1c(Cl)ccc2c(=O)n(CC(O)C[C@H]3NCCC[C@@H]3O)cnc12. The Morgan fingerprint density at radius 3 is 3.04 bits per heavy atom. The molecule has 0 saturated carbocycles. The first-order valence-electron chi connectivity index (χ1n) is 8.21. The molecule has 3 atom stereocenters. The van der Waals surface area contributed by atoms with Crippen LogP contribution in [0.25, 0.3) is 10.9 Å². The summed E-state index contributed by atoms with van der Waals surface area (Å²) >= 11 is 6.07. The Morgan fingerprint density at radius 2 is 2.29 bits per heavy atom. The van der Waals surface area contributed by atoms with Gasteiger partial charge in [-0.05, 0) is 50.4 Å². The highest BCUT2D eigenvalue weighted by Crippen LogP contribution is 2.21. The Hall–Kier alpha value is -1.47. The molecule has 1 aliphatic rings. The van der Waals surface area contributed by atoms with Crippen LogP contribution in [0.2, 0.25) is 5.02 Å². The summed E-state index contributed by atoms with van der Waals surface area (Å²) in [5, 5.41) is 24.6. The van der Waals surface area contributed by atoms with Gasteiger partial charge in [-0.3, -0.25) is 9.36 Å². The molecule has 1 fully saturated rings. The second-order valence-corrected chi connectivity index (χ2v) is 6.84. The van der Waals surface area contributed by atoms with Crippen molar-refractivity contribution in [3.63, 3.8) is 0 Å². The van der Waals surface area contributed by atoms with Gasteiger partial charge in [-0.1, -0.05) is 11.6 Å². The van der Waals surface area contributed by atoms with Crippen molar-refractivity contribution in [1.29, 1.82) is 0 Å². The normalized spacial score (nSPS) is 22.7. The topological polar surface area (TPSA) is 87.4 Å². The van der Waals surface area contributed by atoms with Gasteiger partial charge in [-0.25, -0.2) is 4.98 Å². The summed E-state index contributed by atoms with van der Waals surface area (Å²) in [4.78, 5) is 16.9. The van der Waals surface area contributed by atoms with Gasteiger partial charge in [0.25, 0.3) is 5.56 Å². The van der Waals surface area contributed by atoms with Gasteiger partial charge in [0.1, 0.15) is 0 Å². The van der Waals surface area contributed by atoms with E-state index in [2.05, 4.69) is 10.3 Å². The van der Waals surface area contributed by atoms with Crippen molar-refractivity contribution in [2.75, 3.05) is 6.54 Å². The molecule has 0 bridgehead atoms. The maximum absolute atomic E-state index is 12.6. The summed E-state index contributed by atoms with van der Waals surface area (Å²) in [5.41, 5.74) is 1.16. The molecule has 24 heavy (non-hydrogen) atoms. The number of hydrogen-bond acceptors (Lipinski definition) is 5. The number of nitrogens with one attached hydrogen (secondary N) is 1. The molecule has 0 aliphatic carbocycles. The lowest BCUT2D eigenvalue weighted by Gasteiger charge is -2.30. The molecular formula is C17H22ClN3O3. The number of aryl methyl sites for hydroxylation is 1. The van der Waals surface area contributed by atoms with Crippen molar-refractivity contribution in [3.05, 3.63) is 39.4 Å². The van der Waals surface area contributed by atoms with Crippen LogP contribution in [-0.2, 0) is 6.54 Å². The molecule has 0 radical (unpaired) electrons. The first kappa shape index (κ1) is 17.4. The molecule has 1 aromatic heterocycles. The van der Waals surface area contributed by atoms with E-state index in [0.29, 0.717) is 22.3 Å². The van der Waals surface area contributed by atoms with Crippen LogP contribution in [0.15, 0.2) is 23.3 Å². The Labute approximate surface area is 145 Å². The standard InChI is InChI=1S/C17H22ClN3O3/c1-10-13(18)5-4-12-16(10)20-9-21(17(12)24)8-11(22)7-14-15(23)3-2-6-19-14/h4-5,9,11,14-15,19,22-23H,2-3,6-8H2,1H3/t11?,14-,15+/m1/s1. The molecule has 2 aromatic rings. The van der Waals surface area contributed by atoms with Gasteiger partial charge in [0.2, 0.25) is 0 Å². The predicted octanol–water partition coefficient (Wildman–Crippen LogP) is 1.22. The van der Waals surface area contributed by atoms with E-state index in [1.54, 1.807) is 12.1 Å². The molecule has 7 heteroatoms. The number of rotatable bonds is 4. The number of hydrogen-bond donors (Lipinski definition) is 3. The molecule has 1 aromatic carbocycles. The minimum atomic E-state index is -0.736. The molecule has 2 heterocycles. The number of nitrogens with zero attached hydrogens (tertiary/aromatic N) is 2. The molecule has 130 valence electrons. The lowest BCUT2D eigenvalue weighted by Crippen LogP contribution is -2.47. The zero-order valence-electron chi connectivity index (χ0n) is 13.6. The van der Waals surface area contributed by atoms with Crippen molar-refractivity contribution >= 4 is 22.5 Å².